The van der Waals surface area contributed by atoms with Crippen LogP contribution < -0.4 is 0 Å². The zero-order valence-corrected chi connectivity index (χ0v) is 15.8. The molecule has 10 nitrogen and oxygen atoms in total. The van der Waals surface area contributed by atoms with E-state index in [2.05, 4.69) is 17.8 Å². The molecule has 1 fully saturated rings. The highest BCUT2D eigenvalue weighted by Gasteiger charge is 2.32. The number of hydrogen-bond acceptors (Lipinski definition) is 8. The lowest BCUT2D eigenvalue weighted by molar-refractivity contribution is -0.384. The third kappa shape index (κ3) is 5.84. The van der Waals surface area contributed by atoms with Crippen molar-refractivity contribution in [2.24, 2.45) is 5.16 Å². The second-order valence-corrected chi connectivity index (χ2v) is 6.75. The topological polar surface area (TPSA) is 115 Å². The van der Waals surface area contributed by atoms with Gasteiger partial charge < -0.3 is 14.5 Å². The van der Waals surface area contributed by atoms with Gasteiger partial charge in [-0.25, -0.2) is 4.79 Å². The van der Waals surface area contributed by atoms with Crippen molar-refractivity contribution in [2.75, 3.05) is 27.2 Å². The van der Waals surface area contributed by atoms with Crippen LogP contribution in [0.15, 0.2) is 29.4 Å². The SMILES string of the molecule is CN(C)C(=O)CO/N=C1\C[C@H](S)CN1C(=O)OCc1ccc([N+](=O)[O-])cc1. The van der Waals surface area contributed by atoms with Crippen LogP contribution in [-0.4, -0.2) is 65.1 Å². The van der Waals surface area contributed by atoms with Crippen LogP contribution >= 0.6 is 12.6 Å². The van der Waals surface area contributed by atoms with Crippen LogP contribution in [0.2, 0.25) is 0 Å². The molecule has 0 aromatic heterocycles. The van der Waals surface area contributed by atoms with Gasteiger partial charge in [-0.2, -0.15) is 12.6 Å². The van der Waals surface area contributed by atoms with Gasteiger partial charge in [-0.15, -0.1) is 0 Å². The molecule has 1 aliphatic heterocycles. The lowest BCUT2D eigenvalue weighted by Gasteiger charge is -2.16. The summed E-state index contributed by atoms with van der Waals surface area (Å²) in [6, 6.07) is 5.71. The van der Waals surface area contributed by atoms with E-state index < -0.39 is 11.0 Å². The molecule has 1 saturated heterocycles. The fourth-order valence-electron chi connectivity index (χ4n) is 2.20. The molecule has 2 rings (SSSR count). The molecule has 1 aromatic carbocycles. The predicted octanol–water partition coefficient (Wildman–Crippen LogP) is 1.65. The quantitative estimate of drug-likeness (QED) is 0.444. The number of amidine groups is 1. The summed E-state index contributed by atoms with van der Waals surface area (Å²) in [6.45, 7) is 0.0171. The molecule has 0 bridgehead atoms. The number of nitro benzene ring substituents is 1. The molecule has 1 atom stereocenters. The van der Waals surface area contributed by atoms with Gasteiger partial charge in [0.05, 0.1) is 4.92 Å². The third-order valence-corrected chi connectivity index (χ3v) is 4.06. The molecule has 0 saturated carbocycles. The zero-order valence-electron chi connectivity index (χ0n) is 14.9. The average Bonchev–Trinajstić information content (AvgIpc) is 3.00. The van der Waals surface area contributed by atoms with Gasteiger partial charge in [0.1, 0.15) is 6.61 Å². The first kappa shape index (κ1) is 20.5. The minimum Gasteiger partial charge on any atom is -0.444 e. The van der Waals surface area contributed by atoms with Gasteiger partial charge in [0.2, 0.25) is 0 Å². The molecule has 0 spiro atoms. The summed E-state index contributed by atoms with van der Waals surface area (Å²) in [5.41, 5.74) is 0.572. The third-order valence-electron chi connectivity index (χ3n) is 3.71. The van der Waals surface area contributed by atoms with Crippen LogP contribution in [0.5, 0.6) is 0 Å². The Morgan fingerprint density at radius 3 is 2.63 bits per heavy atom. The molecule has 1 aromatic rings. The molecule has 11 heteroatoms. The number of non-ortho nitro benzene ring substituents is 1. The van der Waals surface area contributed by atoms with Gasteiger partial charge in [0.15, 0.2) is 12.4 Å². The number of ether oxygens (including phenoxy) is 1. The first-order valence-electron chi connectivity index (χ1n) is 8.02. The number of carbonyl (C=O) groups is 2. The molecule has 0 radical (unpaired) electrons. The number of amides is 2. The van der Waals surface area contributed by atoms with Gasteiger partial charge in [0.25, 0.3) is 11.6 Å². The van der Waals surface area contributed by atoms with E-state index in [-0.39, 0.29) is 30.1 Å². The molecule has 0 N–H and O–H groups in total. The van der Waals surface area contributed by atoms with Gasteiger partial charge >= 0.3 is 6.09 Å². The van der Waals surface area contributed by atoms with Crippen LogP contribution in [0.25, 0.3) is 0 Å². The summed E-state index contributed by atoms with van der Waals surface area (Å²) >= 11 is 4.34. The number of likely N-dealkylation sites (N-methyl/N-ethyl adjacent to an activating group) is 1. The summed E-state index contributed by atoms with van der Waals surface area (Å²) in [6.07, 6.45) is -0.238. The summed E-state index contributed by atoms with van der Waals surface area (Å²) in [4.78, 5) is 41.6. The van der Waals surface area contributed by atoms with Crippen LogP contribution in [0.4, 0.5) is 10.5 Å². The molecular weight excluding hydrogens is 376 g/mol. The van der Waals surface area contributed by atoms with Crippen molar-refractivity contribution < 1.29 is 24.1 Å². The monoisotopic (exact) mass is 396 g/mol. The van der Waals surface area contributed by atoms with E-state index in [4.69, 9.17) is 9.57 Å². The Kier molecular flexibility index (Phi) is 6.99. The Morgan fingerprint density at radius 1 is 1.37 bits per heavy atom. The van der Waals surface area contributed by atoms with Gasteiger partial charge in [-0.05, 0) is 17.7 Å². The van der Waals surface area contributed by atoms with E-state index >= 15 is 0 Å². The molecule has 146 valence electrons. The van der Waals surface area contributed by atoms with Crippen LogP contribution in [0.3, 0.4) is 0 Å². The van der Waals surface area contributed by atoms with Gasteiger partial charge in [-0.1, -0.05) is 5.16 Å². The lowest BCUT2D eigenvalue weighted by atomic mass is 10.2. The molecule has 1 aliphatic rings. The summed E-state index contributed by atoms with van der Waals surface area (Å²) < 4.78 is 5.23. The van der Waals surface area contributed by atoms with Crippen molar-refractivity contribution in [1.82, 2.24) is 9.80 Å². The Morgan fingerprint density at radius 2 is 2.04 bits per heavy atom. The second-order valence-electron chi connectivity index (χ2n) is 6.02. The Labute approximate surface area is 161 Å². The summed E-state index contributed by atoms with van der Waals surface area (Å²) in [7, 11) is 3.19. The maximum absolute atomic E-state index is 12.3. The number of nitro groups is 1. The molecule has 0 unspecified atom stereocenters. The minimum absolute atomic E-state index is 0.0404. The number of oxime groups is 1. The summed E-state index contributed by atoms with van der Waals surface area (Å²) in [5.74, 6) is 0.0716. The molecule has 0 aliphatic carbocycles. The van der Waals surface area contributed by atoms with E-state index in [9.17, 15) is 19.7 Å². The smallest absolute Gasteiger partial charge is 0.415 e. The zero-order chi connectivity index (χ0) is 20.0. The first-order valence-corrected chi connectivity index (χ1v) is 8.54. The highest BCUT2D eigenvalue weighted by Crippen LogP contribution is 2.19. The molecule has 1 heterocycles. The summed E-state index contributed by atoms with van der Waals surface area (Å²) in [5, 5.41) is 14.4. The van der Waals surface area contributed by atoms with Crippen molar-refractivity contribution >= 4 is 36.2 Å². The van der Waals surface area contributed by atoms with Crippen LogP contribution in [-0.2, 0) is 21.0 Å². The molecule has 27 heavy (non-hydrogen) atoms. The highest BCUT2D eigenvalue weighted by molar-refractivity contribution is 7.81. The second kappa shape index (κ2) is 9.21. The number of likely N-dealkylation sites (tertiary alicyclic amines) is 1. The number of rotatable bonds is 6. The molecule has 2 amide bonds. The van der Waals surface area contributed by atoms with E-state index in [0.717, 1.165) is 0 Å². The number of carbonyl (C=O) groups excluding carboxylic acids is 2. The maximum atomic E-state index is 12.3. The van der Waals surface area contributed by atoms with Crippen molar-refractivity contribution in [3.05, 3.63) is 39.9 Å². The van der Waals surface area contributed by atoms with E-state index in [1.165, 1.54) is 34.1 Å². The highest BCUT2D eigenvalue weighted by atomic mass is 32.1. The van der Waals surface area contributed by atoms with Gasteiger partial charge in [-0.3, -0.25) is 19.8 Å². The Bertz CT molecular complexity index is 737. The van der Waals surface area contributed by atoms with Crippen molar-refractivity contribution in [2.45, 2.75) is 18.3 Å². The standard InChI is InChI=1S/C16H20N4O6S/c1-18(2)15(21)10-26-17-14-7-13(27)8-19(14)16(22)25-9-11-3-5-12(6-4-11)20(23)24/h3-6,13,27H,7-10H2,1-2H3/b17-14+/t13-/m0/s1. The first-order chi connectivity index (χ1) is 12.8. The van der Waals surface area contributed by atoms with E-state index in [1.54, 1.807) is 14.1 Å². The number of hydrogen-bond donors (Lipinski definition) is 1. The van der Waals surface area contributed by atoms with Crippen molar-refractivity contribution in [3.8, 4) is 0 Å². The Hall–Kier alpha value is -2.82. The average molecular weight is 396 g/mol. The number of nitrogens with zero attached hydrogens (tertiary/aromatic N) is 4. The Balaban J connectivity index is 1.92. The fraction of sp³-hybridized carbons (Fsp3) is 0.438. The largest absolute Gasteiger partial charge is 0.444 e. The van der Waals surface area contributed by atoms with Crippen LogP contribution in [0, 0.1) is 10.1 Å². The van der Waals surface area contributed by atoms with Crippen molar-refractivity contribution in [1.29, 1.82) is 0 Å². The minimum atomic E-state index is -0.633. The molecular formula is C16H20N4O6S. The van der Waals surface area contributed by atoms with Crippen molar-refractivity contribution in [3.63, 3.8) is 0 Å². The normalized spacial score (nSPS) is 17.7. The number of benzene rings is 1. The maximum Gasteiger partial charge on any atom is 0.415 e. The predicted molar refractivity (Wildman–Crippen MR) is 99.5 cm³/mol. The van der Waals surface area contributed by atoms with Crippen LogP contribution in [0.1, 0.15) is 12.0 Å². The lowest BCUT2D eigenvalue weighted by Crippen LogP contribution is -2.33. The van der Waals surface area contributed by atoms with E-state index in [1.807, 2.05) is 0 Å². The van der Waals surface area contributed by atoms with E-state index in [0.29, 0.717) is 24.4 Å². The number of thiol groups is 1. The fourth-order valence-corrected chi connectivity index (χ4v) is 2.52. The van der Waals surface area contributed by atoms with Gasteiger partial charge in [0, 0.05) is 44.4 Å².